The summed E-state index contributed by atoms with van der Waals surface area (Å²) in [6, 6.07) is 2.27. The first-order valence-electron chi connectivity index (χ1n) is 6.33. The predicted octanol–water partition coefficient (Wildman–Crippen LogP) is 2.73. The fourth-order valence-corrected chi connectivity index (χ4v) is 2.23. The van der Waals surface area contributed by atoms with E-state index in [0.717, 1.165) is 19.5 Å². The summed E-state index contributed by atoms with van der Waals surface area (Å²) in [5.74, 6) is 0. The van der Waals surface area contributed by atoms with E-state index in [-0.39, 0.29) is 6.61 Å². The normalized spacial score (nSPS) is 11.2. The van der Waals surface area contributed by atoms with Crippen LogP contribution >= 0.6 is 0 Å². The molecular formula is C15H25NO. The fraction of sp³-hybridized carbons (Fsp3) is 0.600. The first-order chi connectivity index (χ1) is 7.97. The van der Waals surface area contributed by atoms with Crippen LogP contribution < -0.4 is 0 Å². The van der Waals surface area contributed by atoms with Crippen molar-refractivity contribution in [1.82, 2.24) is 4.90 Å². The second kappa shape index (κ2) is 6.18. The number of hydrogen-bond donors (Lipinski definition) is 1. The monoisotopic (exact) mass is 235 g/mol. The van der Waals surface area contributed by atoms with Gasteiger partial charge in [0, 0.05) is 19.7 Å². The first kappa shape index (κ1) is 14.2. The summed E-state index contributed by atoms with van der Waals surface area (Å²) in [4.78, 5) is 2.28. The van der Waals surface area contributed by atoms with Gasteiger partial charge in [-0.2, -0.15) is 0 Å². The first-order valence-corrected chi connectivity index (χ1v) is 6.33. The van der Waals surface area contributed by atoms with Crippen LogP contribution in [0.15, 0.2) is 6.07 Å². The summed E-state index contributed by atoms with van der Waals surface area (Å²) >= 11 is 0. The van der Waals surface area contributed by atoms with Gasteiger partial charge >= 0.3 is 0 Å². The number of aliphatic hydroxyl groups is 1. The summed E-state index contributed by atoms with van der Waals surface area (Å²) in [5.41, 5.74) is 7.01. The van der Waals surface area contributed by atoms with Gasteiger partial charge in [-0.05, 0) is 69.0 Å². The van der Waals surface area contributed by atoms with Crippen molar-refractivity contribution in [2.24, 2.45) is 0 Å². The molecule has 0 spiro atoms. The van der Waals surface area contributed by atoms with E-state index in [9.17, 15) is 0 Å². The molecule has 2 nitrogen and oxygen atoms in total. The smallest absolute Gasteiger partial charge is 0.0443 e. The van der Waals surface area contributed by atoms with Gasteiger partial charge in [-0.25, -0.2) is 0 Å². The summed E-state index contributed by atoms with van der Waals surface area (Å²) in [7, 11) is 2.12. The Balaban J connectivity index is 2.90. The van der Waals surface area contributed by atoms with Gasteiger partial charge in [0.15, 0.2) is 0 Å². The Labute approximate surface area is 105 Å². The highest BCUT2D eigenvalue weighted by Gasteiger charge is 2.10. The van der Waals surface area contributed by atoms with Gasteiger partial charge in [0.25, 0.3) is 0 Å². The number of rotatable bonds is 5. The highest BCUT2D eigenvalue weighted by Crippen LogP contribution is 2.22. The van der Waals surface area contributed by atoms with Crippen molar-refractivity contribution < 1.29 is 5.11 Å². The molecule has 0 saturated heterocycles. The molecule has 0 fully saturated rings. The lowest BCUT2D eigenvalue weighted by Gasteiger charge is -2.21. The number of aryl methyl sites for hydroxylation is 2. The van der Waals surface area contributed by atoms with Crippen molar-refractivity contribution in [3.05, 3.63) is 33.9 Å². The lowest BCUT2D eigenvalue weighted by atomic mass is 9.94. The Morgan fingerprint density at radius 2 is 1.59 bits per heavy atom. The Morgan fingerprint density at radius 3 is 2.06 bits per heavy atom. The van der Waals surface area contributed by atoms with Crippen molar-refractivity contribution in [1.29, 1.82) is 0 Å². The molecule has 96 valence electrons. The second-order valence-electron chi connectivity index (χ2n) is 5.05. The van der Waals surface area contributed by atoms with Crippen molar-refractivity contribution in [2.75, 3.05) is 20.2 Å². The molecule has 0 aliphatic rings. The van der Waals surface area contributed by atoms with Gasteiger partial charge in [-0.3, -0.25) is 0 Å². The topological polar surface area (TPSA) is 23.5 Å². The van der Waals surface area contributed by atoms with E-state index in [1.54, 1.807) is 0 Å². The van der Waals surface area contributed by atoms with E-state index in [1.165, 1.54) is 27.8 Å². The largest absolute Gasteiger partial charge is 0.396 e. The zero-order chi connectivity index (χ0) is 13.0. The molecule has 0 heterocycles. The molecule has 0 aliphatic heterocycles. The van der Waals surface area contributed by atoms with Crippen molar-refractivity contribution in [3.63, 3.8) is 0 Å². The average Bonchev–Trinajstić information content (AvgIpc) is 2.29. The lowest BCUT2D eigenvalue weighted by Crippen LogP contribution is -2.21. The van der Waals surface area contributed by atoms with Gasteiger partial charge in [-0.1, -0.05) is 6.07 Å². The van der Waals surface area contributed by atoms with Crippen LogP contribution in [0.25, 0.3) is 0 Å². The Bertz CT molecular complexity index is 359. The van der Waals surface area contributed by atoms with E-state index in [1.807, 2.05) is 0 Å². The van der Waals surface area contributed by atoms with Crippen LogP contribution in [-0.2, 0) is 6.54 Å². The molecule has 17 heavy (non-hydrogen) atoms. The lowest BCUT2D eigenvalue weighted by molar-refractivity contribution is 0.244. The standard InChI is InChI=1S/C15H25NO/c1-11-9-12(2)14(4)15(13(11)3)10-16(5)7-6-8-17/h9,17H,6-8,10H2,1-5H3. The van der Waals surface area contributed by atoms with Crippen LogP contribution in [0.1, 0.15) is 34.2 Å². The molecule has 1 N–H and O–H groups in total. The quantitative estimate of drug-likeness (QED) is 0.848. The minimum absolute atomic E-state index is 0.273. The van der Waals surface area contributed by atoms with Crippen LogP contribution in [0.5, 0.6) is 0 Å². The maximum Gasteiger partial charge on any atom is 0.0443 e. The third-order valence-corrected chi connectivity index (χ3v) is 3.65. The van der Waals surface area contributed by atoms with Gasteiger partial charge < -0.3 is 10.0 Å². The van der Waals surface area contributed by atoms with Gasteiger partial charge in [-0.15, -0.1) is 0 Å². The van der Waals surface area contributed by atoms with Crippen molar-refractivity contribution >= 4 is 0 Å². The van der Waals surface area contributed by atoms with Crippen LogP contribution in [-0.4, -0.2) is 30.2 Å². The second-order valence-corrected chi connectivity index (χ2v) is 5.05. The van der Waals surface area contributed by atoms with Crippen molar-refractivity contribution in [3.8, 4) is 0 Å². The summed E-state index contributed by atoms with van der Waals surface area (Å²) in [6.07, 6.45) is 0.847. The molecule has 0 aliphatic carbocycles. The van der Waals surface area contributed by atoms with Gasteiger partial charge in [0.1, 0.15) is 0 Å². The highest BCUT2D eigenvalue weighted by molar-refractivity contribution is 5.43. The minimum Gasteiger partial charge on any atom is -0.396 e. The highest BCUT2D eigenvalue weighted by atomic mass is 16.3. The molecule has 1 rings (SSSR count). The van der Waals surface area contributed by atoms with Crippen LogP contribution in [0.3, 0.4) is 0 Å². The molecule has 0 radical (unpaired) electrons. The summed E-state index contributed by atoms with van der Waals surface area (Å²) < 4.78 is 0. The zero-order valence-electron chi connectivity index (χ0n) is 11.8. The minimum atomic E-state index is 0.273. The van der Waals surface area contributed by atoms with Crippen molar-refractivity contribution in [2.45, 2.75) is 40.7 Å². The number of hydrogen-bond acceptors (Lipinski definition) is 2. The van der Waals surface area contributed by atoms with Gasteiger partial charge in [0.05, 0.1) is 0 Å². The maximum atomic E-state index is 8.85. The Kier molecular flexibility index (Phi) is 5.16. The average molecular weight is 235 g/mol. The predicted molar refractivity (Wildman–Crippen MR) is 73.4 cm³/mol. The number of benzene rings is 1. The number of aliphatic hydroxyl groups excluding tert-OH is 1. The molecule has 0 atom stereocenters. The van der Waals surface area contributed by atoms with E-state index in [4.69, 9.17) is 5.11 Å². The molecule has 1 aromatic rings. The molecule has 0 unspecified atom stereocenters. The third-order valence-electron chi connectivity index (χ3n) is 3.65. The van der Waals surface area contributed by atoms with Crippen LogP contribution in [0.4, 0.5) is 0 Å². The van der Waals surface area contributed by atoms with E-state index < -0.39 is 0 Å². The Hall–Kier alpha value is -0.860. The third kappa shape index (κ3) is 3.55. The Morgan fingerprint density at radius 1 is 1.06 bits per heavy atom. The number of nitrogens with zero attached hydrogens (tertiary/aromatic N) is 1. The fourth-order valence-electron chi connectivity index (χ4n) is 2.23. The van der Waals surface area contributed by atoms with E-state index in [0.29, 0.717) is 0 Å². The molecular weight excluding hydrogens is 210 g/mol. The summed E-state index contributed by atoms with van der Waals surface area (Å²) in [6.45, 7) is 11.0. The molecule has 0 saturated carbocycles. The molecule has 0 bridgehead atoms. The summed E-state index contributed by atoms with van der Waals surface area (Å²) in [5, 5.41) is 8.85. The van der Waals surface area contributed by atoms with Crippen LogP contribution in [0.2, 0.25) is 0 Å². The van der Waals surface area contributed by atoms with E-state index >= 15 is 0 Å². The van der Waals surface area contributed by atoms with E-state index in [2.05, 4.69) is 45.7 Å². The maximum absolute atomic E-state index is 8.85. The SMILES string of the molecule is Cc1cc(C)c(C)c(CN(C)CCCO)c1C. The molecule has 1 aromatic carbocycles. The molecule has 2 heteroatoms. The zero-order valence-corrected chi connectivity index (χ0v) is 11.8. The molecule has 0 amide bonds. The van der Waals surface area contributed by atoms with Crippen LogP contribution in [0, 0.1) is 27.7 Å². The molecule has 0 aromatic heterocycles. The van der Waals surface area contributed by atoms with Gasteiger partial charge in [0.2, 0.25) is 0 Å².